The Labute approximate surface area is 113 Å². The van der Waals surface area contributed by atoms with E-state index in [1.54, 1.807) is 0 Å². The molecule has 2 aliphatic rings. The Morgan fingerprint density at radius 2 is 1.67 bits per heavy atom. The molecule has 0 spiro atoms. The second-order valence-corrected chi connectivity index (χ2v) is 6.83. The third-order valence-electron chi connectivity index (χ3n) is 5.18. The van der Waals surface area contributed by atoms with Gasteiger partial charge in [0.25, 0.3) is 0 Å². The van der Waals surface area contributed by atoms with Crippen molar-refractivity contribution in [2.24, 2.45) is 11.8 Å². The van der Waals surface area contributed by atoms with Gasteiger partial charge in [-0.2, -0.15) is 0 Å². The predicted molar refractivity (Wildman–Crippen MR) is 76.6 cm³/mol. The minimum Gasteiger partial charge on any atom is -0.393 e. The van der Waals surface area contributed by atoms with Crippen molar-refractivity contribution in [2.75, 3.05) is 13.6 Å². The summed E-state index contributed by atoms with van der Waals surface area (Å²) in [5.41, 5.74) is 0. The van der Waals surface area contributed by atoms with Crippen LogP contribution in [0.2, 0.25) is 0 Å². The second-order valence-electron chi connectivity index (χ2n) is 6.83. The van der Waals surface area contributed by atoms with Crippen LogP contribution in [0.25, 0.3) is 0 Å². The maximum absolute atomic E-state index is 10.2. The Morgan fingerprint density at radius 3 is 2.33 bits per heavy atom. The molecular formula is C16H31NO. The summed E-state index contributed by atoms with van der Waals surface area (Å²) in [5, 5.41) is 10.2. The molecule has 1 N–H and O–H groups in total. The summed E-state index contributed by atoms with van der Waals surface area (Å²) < 4.78 is 0. The van der Waals surface area contributed by atoms with E-state index in [1.807, 2.05) is 0 Å². The molecule has 18 heavy (non-hydrogen) atoms. The molecule has 0 amide bonds. The zero-order valence-corrected chi connectivity index (χ0v) is 12.3. The maximum atomic E-state index is 10.2. The minimum atomic E-state index is -0.0468. The van der Waals surface area contributed by atoms with Crippen LogP contribution in [0.4, 0.5) is 0 Å². The Bertz CT molecular complexity index is 235. The lowest BCUT2D eigenvalue weighted by atomic mass is 9.80. The molecule has 3 unspecified atom stereocenters. The summed E-state index contributed by atoms with van der Waals surface area (Å²) in [7, 11) is 2.28. The number of hydrogen-bond acceptors (Lipinski definition) is 2. The first-order chi connectivity index (χ1) is 8.66. The highest BCUT2D eigenvalue weighted by molar-refractivity contribution is 4.82. The van der Waals surface area contributed by atoms with Crippen molar-refractivity contribution in [3.8, 4) is 0 Å². The predicted octanol–water partition coefficient (Wildman–Crippen LogP) is 3.44. The molecule has 2 heteroatoms. The Hall–Kier alpha value is -0.0800. The number of hydrogen-bond donors (Lipinski definition) is 1. The zero-order valence-electron chi connectivity index (χ0n) is 12.3. The van der Waals surface area contributed by atoms with E-state index in [4.69, 9.17) is 0 Å². The van der Waals surface area contributed by atoms with Gasteiger partial charge >= 0.3 is 0 Å². The van der Waals surface area contributed by atoms with Gasteiger partial charge in [-0.25, -0.2) is 0 Å². The van der Waals surface area contributed by atoms with E-state index in [0.29, 0.717) is 5.92 Å². The molecule has 2 saturated carbocycles. The smallest absolute Gasteiger partial charge is 0.0580 e. The van der Waals surface area contributed by atoms with Crippen LogP contribution < -0.4 is 0 Å². The van der Waals surface area contributed by atoms with E-state index in [2.05, 4.69) is 18.9 Å². The molecule has 0 heterocycles. The van der Waals surface area contributed by atoms with E-state index < -0.39 is 0 Å². The Morgan fingerprint density at radius 1 is 1.00 bits per heavy atom. The van der Waals surface area contributed by atoms with Crippen molar-refractivity contribution in [1.82, 2.24) is 4.90 Å². The van der Waals surface area contributed by atoms with Crippen LogP contribution in [0, 0.1) is 11.8 Å². The van der Waals surface area contributed by atoms with Crippen LogP contribution >= 0.6 is 0 Å². The third-order valence-corrected chi connectivity index (χ3v) is 5.18. The number of aliphatic hydroxyl groups excluding tert-OH is 1. The fourth-order valence-corrected chi connectivity index (χ4v) is 3.90. The van der Waals surface area contributed by atoms with Crippen molar-refractivity contribution in [3.05, 3.63) is 0 Å². The molecule has 2 nitrogen and oxygen atoms in total. The van der Waals surface area contributed by atoms with Gasteiger partial charge in [0.1, 0.15) is 0 Å². The molecule has 0 bridgehead atoms. The summed E-state index contributed by atoms with van der Waals surface area (Å²) in [6, 6.07) is 0.775. The molecule has 2 rings (SSSR count). The summed E-state index contributed by atoms with van der Waals surface area (Å²) in [5.74, 6) is 1.32. The van der Waals surface area contributed by atoms with Crippen LogP contribution in [-0.4, -0.2) is 35.7 Å². The van der Waals surface area contributed by atoms with Crippen molar-refractivity contribution in [3.63, 3.8) is 0 Å². The van der Waals surface area contributed by atoms with Gasteiger partial charge in [0.05, 0.1) is 6.10 Å². The Kier molecular flexibility index (Phi) is 5.50. The quantitative estimate of drug-likeness (QED) is 0.779. The molecule has 0 aromatic heterocycles. The molecular weight excluding hydrogens is 222 g/mol. The summed E-state index contributed by atoms with van der Waals surface area (Å²) in [4.78, 5) is 2.55. The average molecular weight is 253 g/mol. The van der Waals surface area contributed by atoms with Crippen molar-refractivity contribution in [1.29, 1.82) is 0 Å². The van der Waals surface area contributed by atoms with Crippen molar-refractivity contribution < 1.29 is 5.11 Å². The monoisotopic (exact) mass is 253 g/mol. The molecule has 2 aliphatic carbocycles. The first kappa shape index (κ1) is 14.3. The highest BCUT2D eigenvalue weighted by atomic mass is 16.3. The van der Waals surface area contributed by atoms with Crippen LogP contribution in [0.3, 0.4) is 0 Å². The van der Waals surface area contributed by atoms with Gasteiger partial charge < -0.3 is 10.0 Å². The van der Waals surface area contributed by atoms with E-state index >= 15 is 0 Å². The van der Waals surface area contributed by atoms with E-state index in [-0.39, 0.29) is 6.10 Å². The first-order valence-electron chi connectivity index (χ1n) is 8.05. The highest BCUT2D eigenvalue weighted by Gasteiger charge is 2.29. The lowest BCUT2D eigenvalue weighted by molar-refractivity contribution is 0.0264. The fourth-order valence-electron chi connectivity index (χ4n) is 3.90. The molecule has 0 radical (unpaired) electrons. The van der Waals surface area contributed by atoms with Gasteiger partial charge in [0, 0.05) is 12.6 Å². The standard InChI is InChI=1S/C16H31NO/c1-13-9-10-16(18)14(11-13)12-17(2)15-7-5-3-4-6-8-15/h13-16,18H,3-12H2,1-2H3. The normalized spacial score (nSPS) is 35.7. The van der Waals surface area contributed by atoms with Gasteiger partial charge in [0.2, 0.25) is 0 Å². The molecule has 0 saturated heterocycles. The number of aliphatic hydroxyl groups is 1. The summed E-state index contributed by atoms with van der Waals surface area (Å²) in [6.45, 7) is 3.45. The third kappa shape index (κ3) is 3.96. The van der Waals surface area contributed by atoms with Crippen LogP contribution in [0.15, 0.2) is 0 Å². The van der Waals surface area contributed by atoms with Gasteiger partial charge in [-0.15, -0.1) is 0 Å². The van der Waals surface area contributed by atoms with Gasteiger partial charge in [-0.05, 0) is 51.0 Å². The highest BCUT2D eigenvalue weighted by Crippen LogP contribution is 2.31. The molecule has 2 fully saturated rings. The largest absolute Gasteiger partial charge is 0.393 e. The fraction of sp³-hybridized carbons (Fsp3) is 1.00. The summed E-state index contributed by atoms with van der Waals surface area (Å²) in [6.07, 6.45) is 11.8. The maximum Gasteiger partial charge on any atom is 0.0580 e. The molecule has 0 aliphatic heterocycles. The number of rotatable bonds is 3. The van der Waals surface area contributed by atoms with Gasteiger partial charge in [-0.3, -0.25) is 0 Å². The molecule has 0 aromatic carbocycles. The first-order valence-corrected chi connectivity index (χ1v) is 8.05. The second kappa shape index (κ2) is 6.91. The van der Waals surface area contributed by atoms with Gasteiger partial charge in [-0.1, -0.05) is 32.6 Å². The summed E-state index contributed by atoms with van der Waals surface area (Å²) >= 11 is 0. The number of nitrogens with zero attached hydrogens (tertiary/aromatic N) is 1. The lowest BCUT2D eigenvalue weighted by Gasteiger charge is -2.37. The van der Waals surface area contributed by atoms with E-state index in [9.17, 15) is 5.11 Å². The Balaban J connectivity index is 1.82. The topological polar surface area (TPSA) is 23.5 Å². The van der Waals surface area contributed by atoms with Crippen molar-refractivity contribution >= 4 is 0 Å². The minimum absolute atomic E-state index is 0.0468. The van der Waals surface area contributed by atoms with E-state index in [0.717, 1.165) is 24.9 Å². The molecule has 3 atom stereocenters. The van der Waals surface area contributed by atoms with Crippen LogP contribution in [-0.2, 0) is 0 Å². The van der Waals surface area contributed by atoms with Crippen molar-refractivity contribution in [2.45, 2.75) is 76.9 Å². The average Bonchev–Trinajstić information content (AvgIpc) is 2.62. The van der Waals surface area contributed by atoms with E-state index in [1.165, 1.54) is 51.4 Å². The van der Waals surface area contributed by atoms with Crippen LogP contribution in [0.1, 0.15) is 64.7 Å². The SMILES string of the molecule is CC1CCC(O)C(CN(C)C2CCCCCC2)C1. The van der Waals surface area contributed by atoms with Crippen LogP contribution in [0.5, 0.6) is 0 Å². The lowest BCUT2D eigenvalue weighted by Crippen LogP contribution is -2.41. The molecule has 106 valence electrons. The zero-order chi connectivity index (χ0) is 13.0. The van der Waals surface area contributed by atoms with Gasteiger partial charge in [0.15, 0.2) is 0 Å². The molecule has 0 aromatic rings.